The molecule has 0 unspecified atom stereocenters. The predicted molar refractivity (Wildman–Crippen MR) is 78.0 cm³/mol. The molecule has 4 atom stereocenters. The first-order valence-electron chi connectivity index (χ1n) is 6.95. The van der Waals surface area contributed by atoms with E-state index in [9.17, 15) is 20.3 Å². The molecule has 0 spiro atoms. The minimum atomic E-state index is -1.33. The van der Waals surface area contributed by atoms with Crippen LogP contribution in [0, 0.1) is 10.1 Å². The minimum Gasteiger partial charge on any atom is -0.460 e. The third-order valence-electron chi connectivity index (χ3n) is 3.89. The number of aromatic nitrogens is 1. The molecule has 23 heavy (non-hydrogen) atoms. The normalized spacial score (nSPS) is 27.5. The second-order valence-electron chi connectivity index (χ2n) is 5.39. The Kier molecular flexibility index (Phi) is 3.94. The Balaban J connectivity index is 1.94. The second kappa shape index (κ2) is 5.78. The largest absolute Gasteiger partial charge is 0.460 e. The zero-order valence-corrected chi connectivity index (χ0v) is 12.2. The lowest BCUT2D eigenvalue weighted by Crippen LogP contribution is -2.35. The summed E-state index contributed by atoms with van der Waals surface area (Å²) in [5.74, 6) is 0.279. The number of nitrogens with zero attached hydrogens (tertiary/aromatic N) is 2. The predicted octanol–water partition coefficient (Wildman–Crippen LogP) is -0.0957. The molecule has 0 amide bonds. The highest BCUT2D eigenvalue weighted by atomic mass is 16.7. The summed E-state index contributed by atoms with van der Waals surface area (Å²) in [6.07, 6.45) is -3.12. The van der Waals surface area contributed by atoms with Gasteiger partial charge in [-0.15, -0.1) is 0 Å². The van der Waals surface area contributed by atoms with Gasteiger partial charge in [-0.05, 0) is 6.07 Å². The number of rotatable bonds is 4. The lowest BCUT2D eigenvalue weighted by atomic mass is 10.1. The fraction of sp³-hybridized carbons (Fsp3) is 0.429. The van der Waals surface area contributed by atoms with Crippen LogP contribution in [0.2, 0.25) is 0 Å². The van der Waals surface area contributed by atoms with Crippen molar-refractivity contribution in [1.29, 1.82) is 0 Å². The number of benzene rings is 1. The molecule has 9 nitrogen and oxygen atoms in total. The van der Waals surface area contributed by atoms with Crippen molar-refractivity contribution >= 4 is 16.6 Å². The summed E-state index contributed by atoms with van der Waals surface area (Å²) in [6, 6.07) is 4.35. The van der Waals surface area contributed by atoms with Crippen molar-refractivity contribution in [2.24, 2.45) is 7.05 Å². The Bertz CT molecular complexity index is 744. The van der Waals surface area contributed by atoms with Crippen LogP contribution < -0.4 is 4.74 Å². The maximum absolute atomic E-state index is 10.9. The Hall–Kier alpha value is -2.20. The minimum absolute atomic E-state index is 0.0882. The maximum atomic E-state index is 10.9. The number of ether oxygens (including phenoxy) is 2. The summed E-state index contributed by atoms with van der Waals surface area (Å²) < 4.78 is 12.5. The summed E-state index contributed by atoms with van der Waals surface area (Å²) in [5, 5.41) is 40.1. The number of hydrogen-bond acceptors (Lipinski definition) is 7. The monoisotopic (exact) mass is 324 g/mol. The summed E-state index contributed by atoms with van der Waals surface area (Å²) >= 11 is 0. The van der Waals surface area contributed by atoms with Gasteiger partial charge in [0.2, 0.25) is 6.29 Å². The molecule has 3 N–H and O–H groups in total. The molecular formula is C14H16N2O7. The molecule has 0 bridgehead atoms. The van der Waals surface area contributed by atoms with Crippen molar-refractivity contribution in [2.45, 2.75) is 24.6 Å². The zero-order chi connectivity index (χ0) is 16.7. The number of fused-ring (bicyclic) bond motifs is 1. The molecule has 0 saturated carbocycles. The summed E-state index contributed by atoms with van der Waals surface area (Å²) in [6.45, 7) is -0.459. The van der Waals surface area contributed by atoms with Crippen LogP contribution in [-0.2, 0) is 11.8 Å². The van der Waals surface area contributed by atoms with Gasteiger partial charge in [-0.1, -0.05) is 0 Å². The van der Waals surface area contributed by atoms with Gasteiger partial charge in [0.15, 0.2) is 0 Å². The Labute approximate surface area is 130 Å². The highest BCUT2D eigenvalue weighted by molar-refractivity contribution is 5.88. The number of nitro benzene ring substituents is 1. The molecule has 2 aromatic rings. The first kappa shape index (κ1) is 15.7. The van der Waals surface area contributed by atoms with Gasteiger partial charge in [0.05, 0.1) is 17.0 Å². The molecule has 1 aromatic carbocycles. The lowest BCUT2D eigenvalue weighted by molar-refractivity contribution is -0.384. The standard InChI is InChI=1S/C14H16N2O7/c1-15-5-10(8-4-7(16(20)21)2-3-9(8)15)22-14-13(19)12(18)11(6-17)23-14/h2-5,11-14,17-19H,6H2,1H3/t11-,12-,13-,14-/m1/s1. The van der Waals surface area contributed by atoms with Crippen LogP contribution in [0.5, 0.6) is 5.75 Å². The summed E-state index contributed by atoms with van der Waals surface area (Å²) in [7, 11) is 1.75. The van der Waals surface area contributed by atoms with Crippen molar-refractivity contribution in [3.8, 4) is 5.75 Å². The quantitative estimate of drug-likeness (QED) is 0.529. The molecule has 2 heterocycles. The van der Waals surface area contributed by atoms with E-state index < -0.39 is 36.1 Å². The number of aliphatic hydroxyl groups is 3. The van der Waals surface area contributed by atoms with Crippen molar-refractivity contribution < 1.29 is 29.7 Å². The number of aliphatic hydroxyl groups excluding tert-OH is 3. The second-order valence-corrected chi connectivity index (χ2v) is 5.39. The molecule has 124 valence electrons. The number of aryl methyl sites for hydroxylation is 1. The van der Waals surface area contributed by atoms with Gasteiger partial charge < -0.3 is 29.4 Å². The van der Waals surface area contributed by atoms with E-state index in [-0.39, 0.29) is 11.4 Å². The summed E-state index contributed by atoms with van der Waals surface area (Å²) in [4.78, 5) is 10.4. The van der Waals surface area contributed by atoms with Crippen LogP contribution in [0.15, 0.2) is 24.4 Å². The van der Waals surface area contributed by atoms with Crippen molar-refractivity contribution in [3.63, 3.8) is 0 Å². The molecule has 1 fully saturated rings. The Morgan fingerprint density at radius 3 is 2.74 bits per heavy atom. The van der Waals surface area contributed by atoms with Crippen LogP contribution in [0.4, 0.5) is 5.69 Å². The number of non-ortho nitro benzene ring substituents is 1. The number of hydrogen-bond donors (Lipinski definition) is 3. The number of nitro groups is 1. The van der Waals surface area contributed by atoms with E-state index in [1.54, 1.807) is 23.9 Å². The van der Waals surface area contributed by atoms with Crippen molar-refractivity contribution in [1.82, 2.24) is 4.57 Å². The topological polar surface area (TPSA) is 127 Å². The summed E-state index contributed by atoms with van der Waals surface area (Å²) in [5.41, 5.74) is 0.618. The van der Waals surface area contributed by atoms with E-state index in [0.29, 0.717) is 10.9 Å². The Morgan fingerprint density at radius 1 is 1.39 bits per heavy atom. The van der Waals surface area contributed by atoms with E-state index in [1.807, 2.05) is 0 Å². The van der Waals surface area contributed by atoms with Crippen molar-refractivity contribution in [2.75, 3.05) is 6.61 Å². The zero-order valence-electron chi connectivity index (χ0n) is 12.2. The van der Waals surface area contributed by atoms with Crippen LogP contribution in [0.25, 0.3) is 10.9 Å². The lowest BCUT2D eigenvalue weighted by Gasteiger charge is -2.16. The fourth-order valence-corrected chi connectivity index (χ4v) is 2.64. The smallest absolute Gasteiger partial charge is 0.270 e. The van der Waals surface area contributed by atoms with Crippen LogP contribution in [0.3, 0.4) is 0 Å². The van der Waals surface area contributed by atoms with E-state index in [2.05, 4.69) is 0 Å². The van der Waals surface area contributed by atoms with E-state index in [1.165, 1.54) is 12.1 Å². The molecule has 0 radical (unpaired) electrons. The van der Waals surface area contributed by atoms with E-state index in [0.717, 1.165) is 0 Å². The van der Waals surface area contributed by atoms with Gasteiger partial charge in [0.25, 0.3) is 5.69 Å². The average molecular weight is 324 g/mol. The molecule has 1 aliphatic heterocycles. The molecule has 0 aliphatic carbocycles. The SMILES string of the molecule is Cn1cc(O[C@@H]2O[C@H](CO)[C@@H](O)[C@H]2O)c2cc([N+](=O)[O-])ccc21. The van der Waals surface area contributed by atoms with Gasteiger partial charge in [0, 0.05) is 30.8 Å². The first-order valence-corrected chi connectivity index (χ1v) is 6.95. The van der Waals surface area contributed by atoms with Crippen molar-refractivity contribution in [3.05, 3.63) is 34.5 Å². The molecule has 1 aromatic heterocycles. The highest BCUT2D eigenvalue weighted by Crippen LogP contribution is 2.33. The third kappa shape index (κ3) is 2.63. The molecular weight excluding hydrogens is 308 g/mol. The van der Waals surface area contributed by atoms with Gasteiger partial charge in [0.1, 0.15) is 24.1 Å². The average Bonchev–Trinajstić information content (AvgIpc) is 2.99. The Morgan fingerprint density at radius 2 is 2.13 bits per heavy atom. The highest BCUT2D eigenvalue weighted by Gasteiger charge is 2.44. The molecule has 1 aliphatic rings. The van der Waals surface area contributed by atoms with Crippen LogP contribution >= 0.6 is 0 Å². The van der Waals surface area contributed by atoms with Crippen LogP contribution in [-0.4, -0.2) is 56.0 Å². The van der Waals surface area contributed by atoms with E-state index in [4.69, 9.17) is 14.6 Å². The van der Waals surface area contributed by atoms with Gasteiger partial charge >= 0.3 is 0 Å². The van der Waals surface area contributed by atoms with Gasteiger partial charge in [-0.25, -0.2) is 0 Å². The van der Waals surface area contributed by atoms with Gasteiger partial charge in [-0.3, -0.25) is 10.1 Å². The van der Waals surface area contributed by atoms with E-state index >= 15 is 0 Å². The molecule has 1 saturated heterocycles. The first-order chi connectivity index (χ1) is 10.9. The molecule has 3 rings (SSSR count). The fourth-order valence-electron chi connectivity index (χ4n) is 2.64. The van der Waals surface area contributed by atoms with Gasteiger partial charge in [-0.2, -0.15) is 0 Å². The maximum Gasteiger partial charge on any atom is 0.270 e. The van der Waals surface area contributed by atoms with Crippen LogP contribution in [0.1, 0.15) is 0 Å². The molecule has 9 heteroatoms. The third-order valence-corrected chi connectivity index (χ3v) is 3.89.